The van der Waals surface area contributed by atoms with Gasteiger partial charge in [-0.15, -0.1) is 0 Å². The van der Waals surface area contributed by atoms with Gasteiger partial charge in [-0.1, -0.05) is 45.3 Å². The number of carbonyl (C=O) groups is 2. The Kier molecular flexibility index (Phi) is 6.20. The van der Waals surface area contributed by atoms with Crippen molar-refractivity contribution in [2.75, 3.05) is 6.54 Å². The molecule has 3 unspecified atom stereocenters. The van der Waals surface area contributed by atoms with Crippen molar-refractivity contribution < 1.29 is 9.59 Å². The Balaban J connectivity index is 1.59. The van der Waals surface area contributed by atoms with Crippen LogP contribution >= 0.6 is 0 Å². The first-order valence-electron chi connectivity index (χ1n) is 9.12. The van der Waals surface area contributed by atoms with Gasteiger partial charge in [0.05, 0.1) is 0 Å². The van der Waals surface area contributed by atoms with Gasteiger partial charge >= 0.3 is 0 Å². The Morgan fingerprint density at radius 2 is 1.74 bits per heavy atom. The molecule has 2 aliphatic rings. The first-order valence-corrected chi connectivity index (χ1v) is 9.12. The molecular formula is C20H31NO2. The second kappa shape index (κ2) is 7.94. The molecule has 1 aliphatic carbocycles. The summed E-state index contributed by atoms with van der Waals surface area (Å²) in [5.74, 6) is 2.10. The zero-order valence-electron chi connectivity index (χ0n) is 15.1. The van der Waals surface area contributed by atoms with E-state index in [0.29, 0.717) is 17.7 Å². The van der Waals surface area contributed by atoms with Gasteiger partial charge in [0.15, 0.2) is 0 Å². The fourth-order valence-corrected chi connectivity index (χ4v) is 3.75. The summed E-state index contributed by atoms with van der Waals surface area (Å²) in [5, 5.41) is 0. The minimum absolute atomic E-state index is 0.0944. The minimum Gasteiger partial charge on any atom is -0.275 e. The molecule has 0 aromatic carbocycles. The highest BCUT2D eigenvalue weighted by Gasteiger charge is 2.32. The van der Waals surface area contributed by atoms with Crippen molar-refractivity contribution in [3.8, 4) is 0 Å². The van der Waals surface area contributed by atoms with Crippen molar-refractivity contribution in [3.63, 3.8) is 0 Å². The van der Waals surface area contributed by atoms with E-state index in [1.807, 2.05) is 0 Å². The Bertz CT molecular complexity index is 494. The summed E-state index contributed by atoms with van der Waals surface area (Å²) in [7, 11) is 0. The standard InChI is InChI=1S/C20H31NO2/c1-14(12-18-10-9-15(2)13-18)8-6-5-7-11-21-19(22)16(3)17(4)20(21)23/h9-10,14-15,18H,5-8,11-13H2,1-4H3. The van der Waals surface area contributed by atoms with Gasteiger partial charge in [-0.2, -0.15) is 0 Å². The van der Waals surface area contributed by atoms with Crippen molar-refractivity contribution in [2.45, 2.75) is 66.2 Å². The van der Waals surface area contributed by atoms with Crippen LogP contribution in [0.3, 0.4) is 0 Å². The van der Waals surface area contributed by atoms with Crippen LogP contribution in [0, 0.1) is 17.8 Å². The fraction of sp³-hybridized carbons (Fsp3) is 0.700. The van der Waals surface area contributed by atoms with E-state index in [9.17, 15) is 9.59 Å². The summed E-state index contributed by atoms with van der Waals surface area (Å²) in [6.07, 6.45) is 11.8. The SMILES string of the molecule is CC1=C(C)C(=O)N(CCCCCC(C)CC2C=CC(C)C2)C1=O. The van der Waals surface area contributed by atoms with Crippen LogP contribution < -0.4 is 0 Å². The number of carbonyl (C=O) groups excluding carboxylic acids is 2. The molecule has 0 saturated heterocycles. The Hall–Kier alpha value is -1.38. The van der Waals surface area contributed by atoms with Crippen LogP contribution in [-0.2, 0) is 9.59 Å². The van der Waals surface area contributed by atoms with Crippen LogP contribution in [0.25, 0.3) is 0 Å². The first kappa shape index (κ1) is 18.0. The molecule has 1 aliphatic heterocycles. The summed E-state index contributed by atoms with van der Waals surface area (Å²) in [4.78, 5) is 25.3. The highest BCUT2D eigenvalue weighted by atomic mass is 16.2. The molecule has 1 heterocycles. The molecular weight excluding hydrogens is 286 g/mol. The van der Waals surface area contributed by atoms with E-state index in [1.165, 1.54) is 30.6 Å². The third-order valence-electron chi connectivity index (χ3n) is 5.36. The van der Waals surface area contributed by atoms with E-state index in [-0.39, 0.29) is 11.8 Å². The molecule has 0 fully saturated rings. The number of hydrogen-bond acceptors (Lipinski definition) is 2. The summed E-state index contributed by atoms with van der Waals surface area (Å²) in [6, 6.07) is 0. The van der Waals surface area contributed by atoms with E-state index in [2.05, 4.69) is 26.0 Å². The van der Waals surface area contributed by atoms with E-state index in [1.54, 1.807) is 13.8 Å². The van der Waals surface area contributed by atoms with E-state index in [0.717, 1.165) is 30.6 Å². The van der Waals surface area contributed by atoms with Crippen LogP contribution in [0.1, 0.15) is 66.2 Å². The van der Waals surface area contributed by atoms with Gasteiger partial charge < -0.3 is 0 Å². The summed E-state index contributed by atoms with van der Waals surface area (Å²) in [6.45, 7) is 8.70. The van der Waals surface area contributed by atoms with E-state index < -0.39 is 0 Å². The molecule has 0 aromatic heterocycles. The monoisotopic (exact) mass is 317 g/mol. The molecule has 3 heteroatoms. The van der Waals surface area contributed by atoms with Crippen LogP contribution in [0.15, 0.2) is 23.3 Å². The summed E-state index contributed by atoms with van der Waals surface area (Å²) < 4.78 is 0. The van der Waals surface area contributed by atoms with Gasteiger partial charge in [0.25, 0.3) is 11.8 Å². The van der Waals surface area contributed by atoms with Gasteiger partial charge in [0, 0.05) is 17.7 Å². The predicted octanol–water partition coefficient (Wildman–Crippen LogP) is 4.49. The normalized spacial score (nSPS) is 25.8. The quantitative estimate of drug-likeness (QED) is 0.376. The second-order valence-corrected chi connectivity index (χ2v) is 7.56. The number of hydrogen-bond donors (Lipinski definition) is 0. The lowest BCUT2D eigenvalue weighted by atomic mass is 9.90. The zero-order chi connectivity index (χ0) is 17.0. The molecule has 0 saturated carbocycles. The molecule has 3 nitrogen and oxygen atoms in total. The van der Waals surface area contributed by atoms with Gasteiger partial charge in [-0.25, -0.2) is 0 Å². The molecule has 0 bridgehead atoms. The predicted molar refractivity (Wildman–Crippen MR) is 93.8 cm³/mol. The van der Waals surface area contributed by atoms with Gasteiger partial charge in [-0.05, 0) is 50.9 Å². The maximum absolute atomic E-state index is 12.0. The molecule has 0 radical (unpaired) electrons. The maximum atomic E-state index is 12.0. The third kappa shape index (κ3) is 4.55. The lowest BCUT2D eigenvalue weighted by molar-refractivity contribution is -0.137. The molecule has 0 N–H and O–H groups in total. The van der Waals surface area contributed by atoms with Crippen LogP contribution in [0.4, 0.5) is 0 Å². The highest BCUT2D eigenvalue weighted by Crippen LogP contribution is 2.30. The fourth-order valence-electron chi connectivity index (χ4n) is 3.75. The van der Waals surface area contributed by atoms with E-state index >= 15 is 0 Å². The average Bonchev–Trinajstić information content (AvgIpc) is 2.99. The molecule has 23 heavy (non-hydrogen) atoms. The van der Waals surface area contributed by atoms with Crippen LogP contribution in [0.2, 0.25) is 0 Å². The highest BCUT2D eigenvalue weighted by molar-refractivity contribution is 6.18. The largest absolute Gasteiger partial charge is 0.275 e. The van der Waals surface area contributed by atoms with E-state index in [4.69, 9.17) is 0 Å². The molecule has 0 spiro atoms. The van der Waals surface area contributed by atoms with Gasteiger partial charge in [-0.3, -0.25) is 14.5 Å². The van der Waals surface area contributed by atoms with Crippen molar-refractivity contribution in [1.82, 2.24) is 4.90 Å². The molecule has 2 rings (SSSR count). The molecule has 128 valence electrons. The number of amides is 2. The van der Waals surface area contributed by atoms with Crippen molar-refractivity contribution in [1.29, 1.82) is 0 Å². The van der Waals surface area contributed by atoms with Gasteiger partial charge in [0.1, 0.15) is 0 Å². The van der Waals surface area contributed by atoms with Crippen molar-refractivity contribution in [2.24, 2.45) is 17.8 Å². The maximum Gasteiger partial charge on any atom is 0.256 e. The number of rotatable bonds is 8. The molecule has 2 amide bonds. The van der Waals surface area contributed by atoms with Crippen LogP contribution in [0.5, 0.6) is 0 Å². The number of allylic oxidation sites excluding steroid dienone is 2. The Morgan fingerprint density at radius 3 is 2.30 bits per heavy atom. The topological polar surface area (TPSA) is 37.4 Å². The number of unbranched alkanes of at least 4 members (excludes halogenated alkanes) is 2. The summed E-state index contributed by atoms with van der Waals surface area (Å²) >= 11 is 0. The molecule has 3 atom stereocenters. The van der Waals surface area contributed by atoms with Crippen LogP contribution in [-0.4, -0.2) is 23.3 Å². The molecule has 0 aromatic rings. The Morgan fingerprint density at radius 1 is 1.09 bits per heavy atom. The van der Waals surface area contributed by atoms with Gasteiger partial charge in [0.2, 0.25) is 0 Å². The zero-order valence-corrected chi connectivity index (χ0v) is 15.1. The first-order chi connectivity index (χ1) is 10.9. The van der Waals surface area contributed by atoms with Crippen molar-refractivity contribution >= 4 is 11.8 Å². The lowest BCUT2D eigenvalue weighted by Gasteiger charge is -2.17. The smallest absolute Gasteiger partial charge is 0.256 e. The third-order valence-corrected chi connectivity index (χ3v) is 5.36. The Labute approximate surface area is 140 Å². The lowest BCUT2D eigenvalue weighted by Crippen LogP contribution is -2.32. The van der Waals surface area contributed by atoms with Crippen molar-refractivity contribution in [3.05, 3.63) is 23.3 Å². The number of imide groups is 1. The summed E-state index contributed by atoms with van der Waals surface area (Å²) in [5.41, 5.74) is 1.23. The number of nitrogens with zero attached hydrogens (tertiary/aromatic N) is 1. The second-order valence-electron chi connectivity index (χ2n) is 7.56. The average molecular weight is 317 g/mol. The minimum atomic E-state index is -0.0944.